The number of halogens is 3. The van der Waals surface area contributed by atoms with Gasteiger partial charge in [-0.15, -0.1) is 0 Å². The van der Waals surface area contributed by atoms with E-state index in [9.17, 15) is 18.3 Å². The molecule has 1 unspecified atom stereocenters. The van der Waals surface area contributed by atoms with Crippen molar-refractivity contribution in [3.05, 3.63) is 18.0 Å². The average Bonchev–Trinajstić information content (AvgIpc) is 2.94. The summed E-state index contributed by atoms with van der Waals surface area (Å²) in [5, 5.41) is 20.7. The van der Waals surface area contributed by atoms with Gasteiger partial charge in [0.1, 0.15) is 5.60 Å². The van der Waals surface area contributed by atoms with Crippen LogP contribution >= 0.6 is 0 Å². The lowest BCUT2D eigenvalue weighted by Crippen LogP contribution is -2.40. The third-order valence-corrected chi connectivity index (χ3v) is 3.67. The Morgan fingerprint density at radius 1 is 1.38 bits per heavy atom. The van der Waals surface area contributed by atoms with E-state index in [-0.39, 0.29) is 6.54 Å². The van der Waals surface area contributed by atoms with Gasteiger partial charge < -0.3 is 15.7 Å². The minimum Gasteiger partial charge on any atom is -0.383 e. The number of nitrogens with one attached hydrogen (secondary N) is 2. The van der Waals surface area contributed by atoms with Crippen LogP contribution in [-0.2, 0) is 12.6 Å². The van der Waals surface area contributed by atoms with Crippen LogP contribution in [0.5, 0.6) is 0 Å². The van der Waals surface area contributed by atoms with Crippen molar-refractivity contribution in [1.82, 2.24) is 25.3 Å². The third kappa shape index (κ3) is 8.52. The molecule has 0 aromatic carbocycles. The van der Waals surface area contributed by atoms with Crippen LogP contribution in [0.1, 0.15) is 25.8 Å². The van der Waals surface area contributed by atoms with E-state index in [2.05, 4.69) is 20.7 Å². The SMILES string of the molecule is CCNC(=NCC(C)(O)c1cnn(C)c1)NCCCN(C)CC(F)(F)F. The molecule has 10 heteroatoms. The summed E-state index contributed by atoms with van der Waals surface area (Å²) in [4.78, 5) is 5.60. The van der Waals surface area contributed by atoms with E-state index in [1.165, 1.54) is 11.9 Å². The van der Waals surface area contributed by atoms with Crippen LogP contribution in [0.3, 0.4) is 0 Å². The summed E-state index contributed by atoms with van der Waals surface area (Å²) < 4.78 is 38.4. The topological polar surface area (TPSA) is 77.7 Å². The number of aryl methyl sites for hydroxylation is 1. The Labute approximate surface area is 152 Å². The number of hydrogen-bond acceptors (Lipinski definition) is 4. The van der Waals surface area contributed by atoms with Gasteiger partial charge in [-0.25, -0.2) is 4.99 Å². The fraction of sp³-hybridized carbons (Fsp3) is 0.750. The van der Waals surface area contributed by atoms with E-state index in [1.807, 2.05) is 6.92 Å². The first-order valence-electron chi connectivity index (χ1n) is 8.52. The van der Waals surface area contributed by atoms with Gasteiger partial charge in [-0.3, -0.25) is 9.58 Å². The quantitative estimate of drug-likeness (QED) is 0.340. The Hall–Kier alpha value is -1.81. The van der Waals surface area contributed by atoms with Crippen molar-refractivity contribution in [2.24, 2.45) is 12.0 Å². The van der Waals surface area contributed by atoms with E-state index in [0.717, 1.165) is 0 Å². The van der Waals surface area contributed by atoms with Crippen molar-refractivity contribution in [2.75, 3.05) is 39.8 Å². The van der Waals surface area contributed by atoms with E-state index in [0.29, 0.717) is 37.6 Å². The molecule has 150 valence electrons. The predicted molar refractivity (Wildman–Crippen MR) is 94.9 cm³/mol. The van der Waals surface area contributed by atoms with Gasteiger partial charge in [0.25, 0.3) is 0 Å². The maximum absolute atomic E-state index is 12.3. The maximum atomic E-state index is 12.3. The summed E-state index contributed by atoms with van der Waals surface area (Å²) in [5.74, 6) is 0.509. The van der Waals surface area contributed by atoms with E-state index >= 15 is 0 Å². The molecule has 0 aliphatic carbocycles. The zero-order valence-electron chi connectivity index (χ0n) is 15.8. The number of hydrogen-bond donors (Lipinski definition) is 3. The summed E-state index contributed by atoms with van der Waals surface area (Å²) in [6, 6.07) is 0. The molecular weight excluding hydrogens is 349 g/mol. The highest BCUT2D eigenvalue weighted by molar-refractivity contribution is 5.79. The molecule has 3 N–H and O–H groups in total. The molecule has 0 radical (unpaired) electrons. The minimum absolute atomic E-state index is 0.127. The molecule has 0 spiro atoms. The Morgan fingerprint density at radius 3 is 2.62 bits per heavy atom. The fourth-order valence-electron chi connectivity index (χ4n) is 2.31. The number of aliphatic imine (C=N–C) groups is 1. The summed E-state index contributed by atoms with van der Waals surface area (Å²) in [7, 11) is 3.21. The molecule has 0 aliphatic rings. The lowest BCUT2D eigenvalue weighted by Gasteiger charge is -2.21. The van der Waals surface area contributed by atoms with Gasteiger partial charge in [0.15, 0.2) is 5.96 Å². The van der Waals surface area contributed by atoms with E-state index in [4.69, 9.17) is 0 Å². The molecular formula is C16H29F3N6O. The highest BCUT2D eigenvalue weighted by atomic mass is 19.4. The van der Waals surface area contributed by atoms with Crippen molar-refractivity contribution >= 4 is 5.96 Å². The molecule has 1 rings (SSSR count). The normalized spacial score (nSPS) is 15.2. The zero-order valence-corrected chi connectivity index (χ0v) is 15.8. The molecule has 0 fully saturated rings. The first kappa shape index (κ1) is 22.2. The largest absolute Gasteiger partial charge is 0.401 e. The molecule has 1 aromatic heterocycles. The smallest absolute Gasteiger partial charge is 0.383 e. The molecule has 0 aliphatic heterocycles. The first-order chi connectivity index (χ1) is 12.0. The van der Waals surface area contributed by atoms with Crippen molar-refractivity contribution in [1.29, 1.82) is 0 Å². The molecule has 0 bridgehead atoms. The monoisotopic (exact) mass is 378 g/mol. The van der Waals surface area contributed by atoms with Crippen LogP contribution < -0.4 is 10.6 Å². The van der Waals surface area contributed by atoms with E-state index < -0.39 is 18.3 Å². The third-order valence-electron chi connectivity index (χ3n) is 3.67. The van der Waals surface area contributed by atoms with Crippen molar-refractivity contribution in [3.8, 4) is 0 Å². The van der Waals surface area contributed by atoms with Crippen molar-refractivity contribution < 1.29 is 18.3 Å². The second-order valence-electron chi connectivity index (χ2n) is 6.50. The number of rotatable bonds is 9. The molecule has 0 saturated heterocycles. The van der Waals surface area contributed by atoms with Gasteiger partial charge in [-0.1, -0.05) is 0 Å². The molecule has 1 aromatic rings. The molecule has 26 heavy (non-hydrogen) atoms. The highest BCUT2D eigenvalue weighted by Crippen LogP contribution is 2.19. The van der Waals surface area contributed by atoms with Gasteiger partial charge in [-0.05, 0) is 33.9 Å². The van der Waals surface area contributed by atoms with Crippen LogP contribution in [-0.4, -0.2) is 71.7 Å². The van der Waals surface area contributed by atoms with Crippen LogP contribution in [0, 0.1) is 0 Å². The number of aliphatic hydroxyl groups is 1. The Balaban J connectivity index is 2.48. The lowest BCUT2D eigenvalue weighted by atomic mass is 10.0. The molecule has 7 nitrogen and oxygen atoms in total. The fourth-order valence-corrected chi connectivity index (χ4v) is 2.31. The summed E-state index contributed by atoms with van der Waals surface area (Å²) in [6.45, 7) is 4.20. The predicted octanol–water partition coefficient (Wildman–Crippen LogP) is 1.07. The van der Waals surface area contributed by atoms with Crippen molar-refractivity contribution in [2.45, 2.75) is 32.0 Å². The second kappa shape index (κ2) is 9.77. The summed E-state index contributed by atoms with van der Waals surface area (Å²) in [6.07, 6.45) is -0.328. The number of nitrogens with zero attached hydrogens (tertiary/aromatic N) is 4. The van der Waals surface area contributed by atoms with Crippen LogP contribution in [0.4, 0.5) is 13.2 Å². The first-order valence-corrected chi connectivity index (χ1v) is 8.52. The van der Waals surface area contributed by atoms with Gasteiger partial charge in [0, 0.05) is 31.9 Å². The van der Waals surface area contributed by atoms with E-state index in [1.54, 1.807) is 31.0 Å². The molecule has 1 heterocycles. The standard InChI is InChI=1S/C16H29F3N6O/c1-5-20-14(21-7-6-8-24(3)12-16(17,18)19)22-11-15(2,26)13-9-23-25(4)10-13/h9-10,26H,5-8,11-12H2,1-4H3,(H2,20,21,22). The Bertz CT molecular complexity index is 571. The number of aromatic nitrogens is 2. The lowest BCUT2D eigenvalue weighted by molar-refractivity contribution is -0.143. The maximum Gasteiger partial charge on any atom is 0.401 e. The second-order valence-corrected chi connectivity index (χ2v) is 6.50. The molecule has 1 atom stereocenters. The van der Waals surface area contributed by atoms with Gasteiger partial charge in [0.2, 0.25) is 0 Å². The molecule has 0 amide bonds. The zero-order chi connectivity index (χ0) is 19.8. The summed E-state index contributed by atoms with van der Waals surface area (Å²) in [5.41, 5.74) is -0.503. The average molecular weight is 378 g/mol. The van der Waals surface area contributed by atoms with Crippen LogP contribution in [0.2, 0.25) is 0 Å². The highest BCUT2D eigenvalue weighted by Gasteiger charge is 2.28. The van der Waals surface area contributed by atoms with Gasteiger partial charge in [-0.2, -0.15) is 18.3 Å². The number of guanidine groups is 1. The van der Waals surface area contributed by atoms with Crippen LogP contribution in [0.15, 0.2) is 17.4 Å². The van der Waals surface area contributed by atoms with Crippen molar-refractivity contribution in [3.63, 3.8) is 0 Å². The minimum atomic E-state index is -4.18. The number of alkyl halides is 3. The molecule has 0 saturated carbocycles. The van der Waals surface area contributed by atoms with Crippen LogP contribution in [0.25, 0.3) is 0 Å². The van der Waals surface area contributed by atoms with Gasteiger partial charge in [0.05, 0.1) is 19.3 Å². The van der Waals surface area contributed by atoms with Gasteiger partial charge >= 0.3 is 6.18 Å². The Morgan fingerprint density at radius 2 is 2.08 bits per heavy atom. The Kier molecular flexibility index (Phi) is 8.35. The summed E-state index contributed by atoms with van der Waals surface area (Å²) >= 11 is 0.